The number of hydrogen-bond acceptors (Lipinski definition) is 3. The summed E-state index contributed by atoms with van der Waals surface area (Å²) in [4.78, 5) is 24.8. The number of carboxylic acid groups (broad SMARTS) is 1. The molecule has 1 aliphatic rings. The van der Waals surface area contributed by atoms with Crippen molar-refractivity contribution in [1.82, 2.24) is 4.90 Å². The van der Waals surface area contributed by atoms with Gasteiger partial charge in [-0.15, -0.1) is 0 Å². The highest BCUT2D eigenvalue weighted by atomic mass is 16.4. The molecule has 0 aliphatic carbocycles. The molecule has 0 radical (unpaired) electrons. The Kier molecular flexibility index (Phi) is 3.91. The number of carbonyl (C=O) groups excluding carboxylic acids is 1. The van der Waals surface area contributed by atoms with Crippen molar-refractivity contribution in [3.63, 3.8) is 0 Å². The lowest BCUT2D eigenvalue weighted by Crippen LogP contribution is -2.56. The quantitative estimate of drug-likeness (QED) is 0.737. The molecule has 16 heavy (non-hydrogen) atoms. The summed E-state index contributed by atoms with van der Waals surface area (Å²) in [6, 6.07) is -0.631. The van der Waals surface area contributed by atoms with Crippen LogP contribution in [0.1, 0.15) is 39.5 Å². The highest BCUT2D eigenvalue weighted by molar-refractivity contribution is 5.90. The van der Waals surface area contributed by atoms with Gasteiger partial charge in [0.15, 0.2) is 0 Å². The third-order valence-corrected chi connectivity index (χ3v) is 3.21. The van der Waals surface area contributed by atoms with Crippen LogP contribution < -0.4 is 5.73 Å². The zero-order valence-corrected chi connectivity index (χ0v) is 9.90. The van der Waals surface area contributed by atoms with E-state index in [-0.39, 0.29) is 5.91 Å². The lowest BCUT2D eigenvalue weighted by Gasteiger charge is -2.35. The number of hydrogen-bond donors (Lipinski definition) is 2. The van der Waals surface area contributed by atoms with Crippen LogP contribution in [-0.2, 0) is 9.59 Å². The van der Waals surface area contributed by atoms with Crippen molar-refractivity contribution in [3.05, 3.63) is 0 Å². The first-order valence-corrected chi connectivity index (χ1v) is 5.76. The van der Waals surface area contributed by atoms with Crippen molar-refractivity contribution in [1.29, 1.82) is 0 Å². The molecule has 1 heterocycles. The summed E-state index contributed by atoms with van der Waals surface area (Å²) in [6.45, 7) is 4.03. The largest absolute Gasteiger partial charge is 0.479 e. The van der Waals surface area contributed by atoms with Crippen LogP contribution in [0, 0.1) is 0 Å². The second kappa shape index (κ2) is 4.82. The van der Waals surface area contributed by atoms with E-state index < -0.39 is 17.6 Å². The number of nitrogens with two attached hydrogens (primary N) is 1. The fourth-order valence-electron chi connectivity index (χ4n) is 2.45. The van der Waals surface area contributed by atoms with Crippen LogP contribution in [0.2, 0.25) is 0 Å². The Bertz CT molecular complexity index is 291. The monoisotopic (exact) mass is 228 g/mol. The molecule has 1 unspecified atom stereocenters. The predicted octanol–water partition coefficient (Wildman–Crippen LogP) is 0.580. The van der Waals surface area contributed by atoms with Gasteiger partial charge in [-0.25, -0.2) is 4.79 Å². The Morgan fingerprint density at radius 3 is 2.62 bits per heavy atom. The average molecular weight is 228 g/mol. The second-order valence-corrected chi connectivity index (χ2v) is 4.47. The number of carboxylic acids is 1. The summed E-state index contributed by atoms with van der Waals surface area (Å²) in [5.41, 5.74) is 4.53. The first-order valence-electron chi connectivity index (χ1n) is 5.76. The molecule has 0 saturated carbocycles. The summed E-state index contributed by atoms with van der Waals surface area (Å²) in [5, 5.41) is 9.36. The van der Waals surface area contributed by atoms with Crippen LogP contribution in [0.25, 0.3) is 0 Å². The van der Waals surface area contributed by atoms with Crippen LogP contribution in [0.15, 0.2) is 0 Å². The molecule has 1 rings (SSSR count). The summed E-state index contributed by atoms with van der Waals surface area (Å²) < 4.78 is 0. The van der Waals surface area contributed by atoms with Crippen molar-refractivity contribution in [2.24, 2.45) is 5.73 Å². The number of carbonyl (C=O) groups is 2. The van der Waals surface area contributed by atoms with E-state index in [9.17, 15) is 14.7 Å². The molecule has 3 N–H and O–H groups in total. The molecular weight excluding hydrogens is 208 g/mol. The normalized spacial score (nSPS) is 26.8. The molecule has 0 aromatic rings. The van der Waals surface area contributed by atoms with Crippen molar-refractivity contribution >= 4 is 11.9 Å². The van der Waals surface area contributed by atoms with Gasteiger partial charge in [0.1, 0.15) is 5.54 Å². The number of nitrogens with zero attached hydrogens (tertiary/aromatic N) is 1. The van der Waals surface area contributed by atoms with E-state index in [1.807, 2.05) is 6.92 Å². The van der Waals surface area contributed by atoms with Gasteiger partial charge in [-0.2, -0.15) is 0 Å². The van der Waals surface area contributed by atoms with E-state index in [0.29, 0.717) is 19.4 Å². The van der Waals surface area contributed by atoms with Crippen LogP contribution in [0.4, 0.5) is 0 Å². The van der Waals surface area contributed by atoms with Crippen LogP contribution in [-0.4, -0.2) is 40.0 Å². The van der Waals surface area contributed by atoms with E-state index in [2.05, 4.69) is 0 Å². The number of rotatable bonds is 4. The number of likely N-dealkylation sites (tertiary alicyclic amines) is 1. The molecular formula is C11H20N2O3. The first kappa shape index (κ1) is 13.0. The number of aliphatic carboxylic acids is 1. The molecule has 1 saturated heterocycles. The van der Waals surface area contributed by atoms with E-state index >= 15 is 0 Å². The Balaban J connectivity index is 2.98. The van der Waals surface area contributed by atoms with Gasteiger partial charge in [0.2, 0.25) is 5.91 Å². The molecule has 0 aromatic carbocycles. The van der Waals surface area contributed by atoms with Gasteiger partial charge < -0.3 is 15.7 Å². The standard InChI is InChI=1S/C11H20N2O3/c1-3-5-11(10(15)16)6-4-7-13(11)9(14)8(2)12/h8H,3-7,12H2,1-2H3,(H,15,16)/t8-,11?/m1/s1. The summed E-state index contributed by atoms with van der Waals surface area (Å²) in [5.74, 6) is -1.16. The van der Waals surface area contributed by atoms with E-state index in [1.54, 1.807) is 6.92 Å². The minimum Gasteiger partial charge on any atom is -0.479 e. The molecule has 0 spiro atoms. The van der Waals surface area contributed by atoms with Gasteiger partial charge >= 0.3 is 5.97 Å². The Morgan fingerprint density at radius 1 is 1.56 bits per heavy atom. The Morgan fingerprint density at radius 2 is 2.19 bits per heavy atom. The Labute approximate surface area is 95.6 Å². The summed E-state index contributed by atoms with van der Waals surface area (Å²) in [7, 11) is 0. The van der Waals surface area contributed by atoms with E-state index in [0.717, 1.165) is 12.8 Å². The van der Waals surface area contributed by atoms with Crippen LogP contribution >= 0.6 is 0 Å². The van der Waals surface area contributed by atoms with Gasteiger partial charge in [-0.1, -0.05) is 13.3 Å². The number of amides is 1. The smallest absolute Gasteiger partial charge is 0.329 e. The highest BCUT2D eigenvalue weighted by Gasteiger charge is 2.49. The maximum Gasteiger partial charge on any atom is 0.329 e. The predicted molar refractivity (Wildman–Crippen MR) is 59.9 cm³/mol. The first-order chi connectivity index (χ1) is 7.45. The van der Waals surface area contributed by atoms with Gasteiger partial charge in [-0.3, -0.25) is 4.79 Å². The van der Waals surface area contributed by atoms with Crippen LogP contribution in [0.5, 0.6) is 0 Å². The zero-order valence-electron chi connectivity index (χ0n) is 9.90. The van der Waals surface area contributed by atoms with Crippen molar-refractivity contribution in [2.45, 2.75) is 51.1 Å². The van der Waals surface area contributed by atoms with Gasteiger partial charge in [0.05, 0.1) is 6.04 Å². The van der Waals surface area contributed by atoms with E-state index in [1.165, 1.54) is 4.90 Å². The minimum atomic E-state index is -1.01. The lowest BCUT2D eigenvalue weighted by atomic mass is 9.90. The average Bonchev–Trinajstić information content (AvgIpc) is 2.62. The molecule has 1 amide bonds. The fraction of sp³-hybridized carbons (Fsp3) is 0.818. The fourth-order valence-corrected chi connectivity index (χ4v) is 2.45. The molecule has 1 aliphatic heterocycles. The van der Waals surface area contributed by atoms with E-state index in [4.69, 9.17) is 5.73 Å². The molecule has 92 valence electrons. The van der Waals surface area contributed by atoms with Gasteiger partial charge in [0, 0.05) is 6.54 Å². The lowest BCUT2D eigenvalue weighted by molar-refractivity contribution is -0.157. The SMILES string of the molecule is CCCC1(C(=O)O)CCCN1C(=O)[C@@H](C)N. The highest BCUT2D eigenvalue weighted by Crippen LogP contribution is 2.34. The zero-order chi connectivity index (χ0) is 12.3. The minimum absolute atomic E-state index is 0.256. The van der Waals surface area contributed by atoms with Gasteiger partial charge in [0.25, 0.3) is 0 Å². The molecule has 1 fully saturated rings. The topological polar surface area (TPSA) is 83.6 Å². The second-order valence-electron chi connectivity index (χ2n) is 4.47. The van der Waals surface area contributed by atoms with Crippen molar-refractivity contribution < 1.29 is 14.7 Å². The summed E-state index contributed by atoms with van der Waals surface area (Å²) in [6.07, 6.45) is 2.52. The Hall–Kier alpha value is -1.10. The third-order valence-electron chi connectivity index (χ3n) is 3.21. The maximum absolute atomic E-state index is 11.9. The molecule has 5 nitrogen and oxygen atoms in total. The molecule has 5 heteroatoms. The third kappa shape index (κ3) is 2.04. The van der Waals surface area contributed by atoms with Crippen molar-refractivity contribution in [2.75, 3.05) is 6.54 Å². The molecule has 2 atom stereocenters. The van der Waals surface area contributed by atoms with Crippen LogP contribution in [0.3, 0.4) is 0 Å². The summed E-state index contributed by atoms with van der Waals surface area (Å²) >= 11 is 0. The molecule has 0 aromatic heterocycles. The molecule has 0 bridgehead atoms. The maximum atomic E-state index is 11.9. The van der Waals surface area contributed by atoms with Gasteiger partial charge in [-0.05, 0) is 26.2 Å². The van der Waals surface area contributed by atoms with Crippen molar-refractivity contribution in [3.8, 4) is 0 Å².